The zero-order valence-electron chi connectivity index (χ0n) is 16.2. The van der Waals surface area contributed by atoms with Gasteiger partial charge in [-0.2, -0.15) is 0 Å². The highest BCUT2D eigenvalue weighted by molar-refractivity contribution is 7.84. The van der Waals surface area contributed by atoms with Gasteiger partial charge in [-0.15, -0.1) is 0 Å². The number of nitrogens with one attached hydrogen (secondary N) is 1. The van der Waals surface area contributed by atoms with Crippen molar-refractivity contribution in [3.63, 3.8) is 0 Å². The van der Waals surface area contributed by atoms with E-state index in [0.29, 0.717) is 10.6 Å². The number of amides is 3. The van der Waals surface area contributed by atoms with Crippen LogP contribution in [0.25, 0.3) is 0 Å². The second-order valence-corrected chi connectivity index (χ2v) is 10.2. The van der Waals surface area contributed by atoms with Crippen molar-refractivity contribution < 1.29 is 18.2 Å². The Labute approximate surface area is 195 Å². The maximum absolute atomic E-state index is 14.4. The van der Waals surface area contributed by atoms with Gasteiger partial charge in [0.15, 0.2) is 6.17 Å². The molecule has 2 unspecified atom stereocenters. The second kappa shape index (κ2) is 9.12. The number of amidine groups is 1. The molecule has 1 saturated heterocycles. The van der Waals surface area contributed by atoms with Crippen molar-refractivity contribution in [2.45, 2.75) is 14.9 Å². The van der Waals surface area contributed by atoms with Gasteiger partial charge in [0.1, 0.15) is 5.82 Å². The number of para-hydroxylation sites is 1. The Hall–Kier alpha value is -2.20. The third-order valence-electron chi connectivity index (χ3n) is 4.31. The largest absolute Gasteiger partial charge is 0.360 e. The van der Waals surface area contributed by atoms with Crippen LogP contribution in [0.4, 0.5) is 20.6 Å². The van der Waals surface area contributed by atoms with Crippen LogP contribution in [0.15, 0.2) is 58.4 Å². The van der Waals surface area contributed by atoms with Gasteiger partial charge in [-0.05, 0) is 30.3 Å². The Kier molecular flexibility index (Phi) is 6.90. The summed E-state index contributed by atoms with van der Waals surface area (Å²) in [6.07, 6.45) is 0.169. The summed E-state index contributed by atoms with van der Waals surface area (Å²) in [6, 6.07) is 11.1. The molecule has 0 spiro atoms. The molecule has 0 radical (unpaired) electrons. The number of alkyl halides is 3. The molecule has 0 saturated carbocycles. The van der Waals surface area contributed by atoms with Crippen LogP contribution < -0.4 is 10.2 Å². The van der Waals surface area contributed by atoms with E-state index >= 15 is 0 Å². The maximum Gasteiger partial charge on any atom is 0.337 e. The van der Waals surface area contributed by atoms with Crippen molar-refractivity contribution in [1.29, 1.82) is 0 Å². The number of hydrogen-bond acceptors (Lipinski definition) is 5. The molecule has 31 heavy (non-hydrogen) atoms. The molecule has 7 nitrogen and oxygen atoms in total. The van der Waals surface area contributed by atoms with E-state index < -0.39 is 44.3 Å². The van der Waals surface area contributed by atoms with Crippen molar-refractivity contribution in [3.05, 3.63) is 54.3 Å². The third kappa shape index (κ3) is 5.01. The summed E-state index contributed by atoms with van der Waals surface area (Å²) in [5.74, 6) is -1.95. The third-order valence-corrected chi connectivity index (χ3v) is 5.85. The van der Waals surface area contributed by atoms with E-state index in [2.05, 4.69) is 10.3 Å². The number of hydrogen-bond donors (Lipinski definition) is 1. The SMILES string of the molecule is CN1C(=O)C(=NC(Nc2cccc(S(C)=O)c2)C(Cl)(Cl)Cl)N(c2ccccc2F)C1=O. The summed E-state index contributed by atoms with van der Waals surface area (Å²) < 4.78 is 24.1. The van der Waals surface area contributed by atoms with Crippen LogP contribution in [-0.2, 0) is 15.6 Å². The highest BCUT2D eigenvalue weighted by Gasteiger charge is 2.44. The van der Waals surface area contributed by atoms with Crippen molar-refractivity contribution in [2.75, 3.05) is 23.5 Å². The second-order valence-electron chi connectivity index (χ2n) is 6.46. The number of carbonyl (C=O) groups excluding carboxylic acids is 2. The van der Waals surface area contributed by atoms with Gasteiger partial charge in [-0.1, -0.05) is 53.0 Å². The summed E-state index contributed by atoms with van der Waals surface area (Å²) in [6.45, 7) is 0. The minimum Gasteiger partial charge on any atom is -0.360 e. The molecule has 0 aliphatic carbocycles. The maximum atomic E-state index is 14.4. The van der Waals surface area contributed by atoms with Gasteiger partial charge in [0, 0.05) is 34.7 Å². The average Bonchev–Trinajstić information content (AvgIpc) is 2.91. The number of benzene rings is 2. The molecular weight excluding hydrogens is 490 g/mol. The highest BCUT2D eigenvalue weighted by Crippen LogP contribution is 2.35. The number of nitrogens with zero attached hydrogens (tertiary/aromatic N) is 3. The summed E-state index contributed by atoms with van der Waals surface area (Å²) in [4.78, 5) is 31.6. The van der Waals surface area contributed by atoms with Crippen LogP contribution in [0.1, 0.15) is 0 Å². The van der Waals surface area contributed by atoms with Crippen LogP contribution >= 0.6 is 34.8 Å². The fraction of sp³-hybridized carbons (Fsp3) is 0.211. The topological polar surface area (TPSA) is 82.1 Å². The number of anilines is 2. The molecule has 2 aromatic rings. The standard InChI is InChI=1S/C19H16Cl3FN4O3S/c1-26-16(28)15(27(18(26)29)14-9-4-3-8-13(14)23)25-17(19(20,21)22)24-11-6-5-7-12(10-11)31(2)30/h3-10,17,24H,1-2H3. The number of likely N-dealkylation sites (N-methyl/N-ethyl adjacent to an activating group) is 1. The quantitative estimate of drug-likeness (QED) is 0.488. The van der Waals surface area contributed by atoms with Gasteiger partial charge >= 0.3 is 6.03 Å². The van der Waals surface area contributed by atoms with Crippen molar-refractivity contribution in [3.8, 4) is 0 Å². The van der Waals surface area contributed by atoms with Crippen molar-refractivity contribution in [1.82, 2.24) is 4.90 Å². The lowest BCUT2D eigenvalue weighted by Crippen LogP contribution is -2.38. The summed E-state index contributed by atoms with van der Waals surface area (Å²) in [5, 5.41) is 2.86. The van der Waals surface area contributed by atoms with E-state index in [0.717, 1.165) is 15.9 Å². The molecule has 0 bridgehead atoms. The molecule has 164 valence electrons. The Morgan fingerprint density at radius 1 is 1.13 bits per heavy atom. The molecule has 2 aromatic carbocycles. The van der Waals surface area contributed by atoms with E-state index in [1.54, 1.807) is 24.3 Å². The van der Waals surface area contributed by atoms with Crippen LogP contribution in [0.5, 0.6) is 0 Å². The Morgan fingerprint density at radius 3 is 2.42 bits per heavy atom. The molecule has 1 N–H and O–H groups in total. The summed E-state index contributed by atoms with van der Waals surface area (Å²) in [7, 11) is -0.0228. The lowest BCUT2D eigenvalue weighted by molar-refractivity contribution is -0.119. The number of urea groups is 1. The van der Waals surface area contributed by atoms with Gasteiger partial charge < -0.3 is 5.32 Å². The minimum absolute atomic E-state index is 0.171. The van der Waals surface area contributed by atoms with Crippen molar-refractivity contribution >= 4 is 74.8 Å². The van der Waals surface area contributed by atoms with Gasteiger partial charge in [0.25, 0.3) is 5.91 Å². The molecule has 3 rings (SSSR count). The van der Waals surface area contributed by atoms with Gasteiger partial charge in [0.2, 0.25) is 9.63 Å². The predicted molar refractivity (Wildman–Crippen MR) is 121 cm³/mol. The number of aliphatic imine (C=N–C) groups is 1. The monoisotopic (exact) mass is 504 g/mol. The van der Waals surface area contributed by atoms with E-state index in [4.69, 9.17) is 34.8 Å². The van der Waals surface area contributed by atoms with E-state index in [1.807, 2.05) is 0 Å². The van der Waals surface area contributed by atoms with E-state index in [-0.39, 0.29) is 5.69 Å². The predicted octanol–water partition coefficient (Wildman–Crippen LogP) is 4.17. The molecular formula is C19H16Cl3FN4O3S. The Balaban J connectivity index is 2.06. The first kappa shape index (κ1) is 23.5. The molecule has 1 heterocycles. The van der Waals surface area contributed by atoms with Crippen LogP contribution in [0.3, 0.4) is 0 Å². The minimum atomic E-state index is -2.06. The smallest absolute Gasteiger partial charge is 0.337 e. The number of rotatable bonds is 5. The van der Waals surface area contributed by atoms with Gasteiger partial charge in [0.05, 0.1) is 5.69 Å². The van der Waals surface area contributed by atoms with Crippen LogP contribution in [0.2, 0.25) is 0 Å². The summed E-state index contributed by atoms with van der Waals surface area (Å²) in [5.41, 5.74) is 0.242. The number of halogens is 4. The molecule has 12 heteroatoms. The average molecular weight is 506 g/mol. The highest BCUT2D eigenvalue weighted by atomic mass is 35.6. The van der Waals surface area contributed by atoms with Crippen LogP contribution in [0, 0.1) is 5.82 Å². The van der Waals surface area contributed by atoms with Gasteiger partial charge in [-0.3, -0.25) is 13.9 Å². The summed E-state index contributed by atoms with van der Waals surface area (Å²) >= 11 is 18.2. The molecule has 2 atom stereocenters. The Bertz CT molecular complexity index is 1090. The molecule has 1 fully saturated rings. The van der Waals surface area contributed by atoms with Gasteiger partial charge in [-0.25, -0.2) is 19.1 Å². The fourth-order valence-corrected chi connectivity index (χ4v) is 3.64. The molecule has 3 amide bonds. The van der Waals surface area contributed by atoms with Crippen molar-refractivity contribution in [2.24, 2.45) is 4.99 Å². The molecule has 0 aromatic heterocycles. The lowest BCUT2D eigenvalue weighted by Gasteiger charge is -2.25. The first-order valence-electron chi connectivity index (χ1n) is 8.72. The molecule has 1 aliphatic rings. The first-order valence-corrected chi connectivity index (χ1v) is 11.4. The van der Waals surface area contributed by atoms with E-state index in [1.165, 1.54) is 31.5 Å². The number of carbonyl (C=O) groups is 2. The zero-order valence-corrected chi connectivity index (χ0v) is 19.3. The molecule has 1 aliphatic heterocycles. The lowest BCUT2D eigenvalue weighted by atomic mass is 10.3. The normalized spacial score (nSPS) is 17.9. The first-order chi connectivity index (χ1) is 14.5. The van der Waals surface area contributed by atoms with E-state index in [9.17, 15) is 18.2 Å². The Morgan fingerprint density at radius 2 is 1.81 bits per heavy atom. The van der Waals surface area contributed by atoms with Crippen LogP contribution in [-0.4, -0.2) is 50.1 Å². The zero-order chi connectivity index (χ0) is 22.9. The number of imide groups is 1. The fourth-order valence-electron chi connectivity index (χ4n) is 2.77.